The summed E-state index contributed by atoms with van der Waals surface area (Å²) in [6.45, 7) is 1.36. The molecule has 8 nitrogen and oxygen atoms in total. The van der Waals surface area contributed by atoms with Crippen LogP contribution in [0.5, 0.6) is 0 Å². The number of aliphatic hydroxyl groups excluding tert-OH is 2. The van der Waals surface area contributed by atoms with Crippen molar-refractivity contribution in [3.8, 4) is 0 Å². The maximum Gasteiger partial charge on any atom is 0.297 e. The van der Waals surface area contributed by atoms with E-state index in [-0.39, 0.29) is 4.90 Å². The molecule has 9 heteroatoms. The first-order valence-corrected chi connectivity index (χ1v) is 8.43. The predicted molar refractivity (Wildman–Crippen MR) is 80.0 cm³/mol. The van der Waals surface area contributed by atoms with E-state index >= 15 is 0 Å². The first-order valence-electron chi connectivity index (χ1n) is 7.02. The molecule has 1 aromatic rings. The average Bonchev–Trinajstić information content (AvgIpc) is 2.52. The third-order valence-electron chi connectivity index (χ3n) is 3.68. The zero-order valence-corrected chi connectivity index (χ0v) is 13.6. The summed E-state index contributed by atoms with van der Waals surface area (Å²) in [6, 6.07) is 5.19. The van der Waals surface area contributed by atoms with Crippen LogP contribution in [-0.4, -0.2) is 63.0 Å². The lowest BCUT2D eigenvalue weighted by Gasteiger charge is -2.40. The first-order chi connectivity index (χ1) is 10.8. The van der Waals surface area contributed by atoms with E-state index < -0.39 is 47.4 Å². The second kappa shape index (κ2) is 7.22. The van der Waals surface area contributed by atoms with Gasteiger partial charge in [-0.25, -0.2) is 0 Å². The summed E-state index contributed by atoms with van der Waals surface area (Å²) in [5.74, 6) is 0. The van der Waals surface area contributed by atoms with Crippen molar-refractivity contribution >= 4 is 10.1 Å². The molecule has 2 rings (SSSR count). The Morgan fingerprint density at radius 2 is 1.83 bits per heavy atom. The van der Waals surface area contributed by atoms with Gasteiger partial charge in [-0.2, -0.15) is 8.42 Å². The summed E-state index contributed by atoms with van der Waals surface area (Å²) in [5.41, 5.74) is 6.57. The Labute approximate surface area is 134 Å². The number of hydrogen-bond acceptors (Lipinski definition) is 8. The maximum absolute atomic E-state index is 12.1. The van der Waals surface area contributed by atoms with Gasteiger partial charge in [-0.15, -0.1) is 0 Å². The van der Waals surface area contributed by atoms with Gasteiger partial charge in [0.2, 0.25) is 0 Å². The molecular formula is C14H21NO7S. The van der Waals surface area contributed by atoms with Crippen LogP contribution < -0.4 is 5.73 Å². The molecule has 0 aromatic heterocycles. The Balaban J connectivity index is 2.05. The fourth-order valence-corrected chi connectivity index (χ4v) is 3.15. The minimum atomic E-state index is -4.00. The van der Waals surface area contributed by atoms with Crippen molar-refractivity contribution in [1.29, 1.82) is 0 Å². The van der Waals surface area contributed by atoms with Crippen LogP contribution in [-0.2, 0) is 23.8 Å². The van der Waals surface area contributed by atoms with Crippen LogP contribution in [0.15, 0.2) is 29.2 Å². The molecule has 0 bridgehead atoms. The van der Waals surface area contributed by atoms with E-state index in [0.29, 0.717) is 0 Å². The molecule has 0 amide bonds. The summed E-state index contributed by atoms with van der Waals surface area (Å²) in [6.07, 6.45) is -4.76. The van der Waals surface area contributed by atoms with Crippen LogP contribution in [0.1, 0.15) is 5.56 Å². The van der Waals surface area contributed by atoms with Gasteiger partial charge in [-0.3, -0.25) is 4.18 Å². The zero-order chi connectivity index (χ0) is 17.2. The van der Waals surface area contributed by atoms with Crippen LogP contribution in [0, 0.1) is 6.92 Å². The molecule has 0 spiro atoms. The van der Waals surface area contributed by atoms with E-state index in [2.05, 4.69) is 0 Å². The van der Waals surface area contributed by atoms with Crippen LogP contribution in [0.3, 0.4) is 0 Å². The largest absolute Gasteiger partial charge is 0.388 e. The van der Waals surface area contributed by atoms with E-state index in [4.69, 9.17) is 19.4 Å². The smallest absolute Gasteiger partial charge is 0.297 e. The lowest BCUT2D eigenvalue weighted by atomic mass is 9.98. The van der Waals surface area contributed by atoms with Gasteiger partial charge < -0.3 is 25.4 Å². The van der Waals surface area contributed by atoms with Crippen molar-refractivity contribution in [2.45, 2.75) is 42.5 Å². The highest BCUT2D eigenvalue weighted by atomic mass is 32.2. The normalized spacial score (nSPS) is 32.0. The molecule has 5 atom stereocenters. The van der Waals surface area contributed by atoms with Gasteiger partial charge >= 0.3 is 0 Å². The van der Waals surface area contributed by atoms with E-state index in [1.807, 2.05) is 6.92 Å². The molecule has 4 N–H and O–H groups in total. The van der Waals surface area contributed by atoms with Gasteiger partial charge in [-0.05, 0) is 19.1 Å². The Morgan fingerprint density at radius 3 is 2.39 bits per heavy atom. The van der Waals surface area contributed by atoms with Crippen LogP contribution in [0.2, 0.25) is 0 Å². The van der Waals surface area contributed by atoms with E-state index in [1.54, 1.807) is 12.1 Å². The molecule has 1 saturated heterocycles. The van der Waals surface area contributed by atoms with Gasteiger partial charge in [0.15, 0.2) is 6.29 Å². The molecule has 5 unspecified atom stereocenters. The summed E-state index contributed by atoms with van der Waals surface area (Å²) < 4.78 is 39.4. The lowest BCUT2D eigenvalue weighted by molar-refractivity contribution is -0.256. The van der Waals surface area contributed by atoms with Crippen molar-refractivity contribution in [1.82, 2.24) is 0 Å². The molecule has 1 aromatic carbocycles. The molecule has 0 saturated carbocycles. The molecule has 1 aliphatic heterocycles. The SMILES string of the molecule is COC1OC(COS(=O)(=O)c2ccc(C)cc2)C(O)C(O)C1N. The lowest BCUT2D eigenvalue weighted by Crippen LogP contribution is -2.62. The second-order valence-corrected chi connectivity index (χ2v) is 7.00. The summed E-state index contributed by atoms with van der Waals surface area (Å²) in [5, 5.41) is 19.8. The molecule has 1 aliphatic rings. The molecular weight excluding hydrogens is 326 g/mol. The van der Waals surface area contributed by atoms with Crippen molar-refractivity contribution in [3.05, 3.63) is 29.8 Å². The van der Waals surface area contributed by atoms with E-state index in [0.717, 1.165) is 5.56 Å². The fourth-order valence-electron chi connectivity index (χ4n) is 2.23. The average molecular weight is 347 g/mol. The van der Waals surface area contributed by atoms with Crippen molar-refractivity contribution < 1.29 is 32.3 Å². The molecule has 130 valence electrons. The minimum absolute atomic E-state index is 0.00561. The summed E-state index contributed by atoms with van der Waals surface area (Å²) in [4.78, 5) is -0.00561. The number of nitrogens with two attached hydrogens (primary N) is 1. The summed E-state index contributed by atoms with van der Waals surface area (Å²) in [7, 11) is -2.67. The Morgan fingerprint density at radius 1 is 1.22 bits per heavy atom. The molecule has 0 aliphatic carbocycles. The monoisotopic (exact) mass is 347 g/mol. The molecule has 1 heterocycles. The highest BCUT2D eigenvalue weighted by molar-refractivity contribution is 7.86. The third kappa shape index (κ3) is 4.07. The van der Waals surface area contributed by atoms with Gasteiger partial charge in [0.1, 0.15) is 18.3 Å². The number of hydrogen-bond donors (Lipinski definition) is 3. The number of methoxy groups -OCH3 is 1. The maximum atomic E-state index is 12.1. The van der Waals surface area contributed by atoms with Gasteiger partial charge in [-0.1, -0.05) is 17.7 Å². The van der Waals surface area contributed by atoms with Crippen LogP contribution in [0.4, 0.5) is 0 Å². The third-order valence-corrected chi connectivity index (χ3v) is 4.97. The highest BCUT2D eigenvalue weighted by Crippen LogP contribution is 2.22. The molecule has 1 fully saturated rings. The van der Waals surface area contributed by atoms with Gasteiger partial charge in [0, 0.05) is 7.11 Å². The van der Waals surface area contributed by atoms with Gasteiger partial charge in [0.25, 0.3) is 10.1 Å². The standard InChI is InChI=1S/C14H21NO7S/c1-8-3-5-9(6-4-8)23(18,19)21-7-10-12(16)13(17)11(15)14(20-2)22-10/h3-6,10-14,16-17H,7,15H2,1-2H3. The van der Waals surface area contributed by atoms with Crippen LogP contribution in [0.25, 0.3) is 0 Å². The fraction of sp³-hybridized carbons (Fsp3) is 0.571. The van der Waals surface area contributed by atoms with Crippen LogP contribution >= 0.6 is 0 Å². The Hall–Kier alpha value is -1.07. The van der Waals surface area contributed by atoms with E-state index in [1.165, 1.54) is 19.2 Å². The number of benzene rings is 1. The van der Waals surface area contributed by atoms with Gasteiger partial charge in [0.05, 0.1) is 17.5 Å². The number of aliphatic hydroxyl groups is 2. The highest BCUT2D eigenvalue weighted by Gasteiger charge is 2.43. The molecule has 0 radical (unpaired) electrons. The molecule has 23 heavy (non-hydrogen) atoms. The van der Waals surface area contributed by atoms with Crippen molar-refractivity contribution in [3.63, 3.8) is 0 Å². The Kier molecular flexibility index (Phi) is 5.74. The topological polar surface area (TPSA) is 128 Å². The van der Waals surface area contributed by atoms with Crippen molar-refractivity contribution in [2.75, 3.05) is 13.7 Å². The quantitative estimate of drug-likeness (QED) is 0.586. The van der Waals surface area contributed by atoms with E-state index in [9.17, 15) is 18.6 Å². The van der Waals surface area contributed by atoms with Crippen molar-refractivity contribution in [2.24, 2.45) is 5.73 Å². The minimum Gasteiger partial charge on any atom is -0.388 e. The Bertz CT molecular complexity index is 617. The second-order valence-electron chi connectivity index (χ2n) is 5.39. The zero-order valence-electron chi connectivity index (χ0n) is 12.8. The first kappa shape index (κ1) is 18.3. The number of aryl methyl sites for hydroxylation is 1. The number of ether oxygens (including phenoxy) is 2. The summed E-state index contributed by atoms with van der Waals surface area (Å²) >= 11 is 0. The predicted octanol–water partition coefficient (Wildman–Crippen LogP) is -0.879. The number of rotatable bonds is 5.